The molecule has 6 heteroatoms. The third-order valence-electron chi connectivity index (χ3n) is 2.53. The Morgan fingerprint density at radius 3 is 2.88 bits per heavy atom. The Kier molecular flexibility index (Phi) is 3.22. The largest absolute Gasteiger partial charge is 0.480 e. The Morgan fingerprint density at radius 2 is 2.25 bits per heavy atom. The van der Waals surface area contributed by atoms with E-state index in [1.165, 1.54) is 6.07 Å². The predicted molar refractivity (Wildman–Crippen MR) is 59.2 cm³/mol. The van der Waals surface area contributed by atoms with Gasteiger partial charge in [0, 0.05) is 10.0 Å². The fourth-order valence-corrected chi connectivity index (χ4v) is 2.08. The summed E-state index contributed by atoms with van der Waals surface area (Å²) in [6.07, 6.45) is 0.322. The van der Waals surface area contributed by atoms with E-state index in [0.717, 1.165) is 4.47 Å². The van der Waals surface area contributed by atoms with E-state index in [1.54, 1.807) is 12.1 Å². The minimum Gasteiger partial charge on any atom is -0.480 e. The smallest absolute Gasteiger partial charge is 0.322 e. The van der Waals surface area contributed by atoms with Crippen molar-refractivity contribution in [2.24, 2.45) is 0 Å². The van der Waals surface area contributed by atoms with Crippen LogP contribution in [0, 0.1) is 5.82 Å². The number of hydrogen-bond donors (Lipinski definition) is 3. The van der Waals surface area contributed by atoms with E-state index in [1.807, 2.05) is 0 Å². The minimum absolute atomic E-state index is 0.321. The maximum absolute atomic E-state index is 13.5. The van der Waals surface area contributed by atoms with E-state index in [9.17, 15) is 9.18 Å². The molecule has 0 aliphatic carbocycles. The van der Waals surface area contributed by atoms with Crippen LogP contribution >= 0.6 is 15.9 Å². The van der Waals surface area contributed by atoms with E-state index in [4.69, 9.17) is 5.11 Å². The van der Waals surface area contributed by atoms with Crippen molar-refractivity contribution in [1.82, 2.24) is 10.9 Å². The molecule has 1 aliphatic heterocycles. The lowest BCUT2D eigenvalue weighted by atomic mass is 10.0. The summed E-state index contributed by atoms with van der Waals surface area (Å²) in [5.74, 6) is -1.28. The minimum atomic E-state index is -0.939. The normalized spacial score (nSPS) is 24.6. The number of hydrazine groups is 1. The van der Waals surface area contributed by atoms with Gasteiger partial charge in [-0.1, -0.05) is 15.9 Å². The van der Waals surface area contributed by atoms with Crippen molar-refractivity contribution in [3.05, 3.63) is 34.1 Å². The number of rotatable bonds is 2. The van der Waals surface area contributed by atoms with Crippen molar-refractivity contribution < 1.29 is 14.3 Å². The molecule has 16 heavy (non-hydrogen) atoms. The molecule has 4 nitrogen and oxygen atoms in total. The molecule has 0 saturated carbocycles. The van der Waals surface area contributed by atoms with Gasteiger partial charge < -0.3 is 5.11 Å². The molecular formula is C10H10BrFN2O2. The topological polar surface area (TPSA) is 61.4 Å². The third kappa shape index (κ3) is 2.23. The van der Waals surface area contributed by atoms with Crippen LogP contribution in [0.15, 0.2) is 22.7 Å². The van der Waals surface area contributed by atoms with E-state index < -0.39 is 12.0 Å². The monoisotopic (exact) mass is 288 g/mol. The van der Waals surface area contributed by atoms with E-state index in [2.05, 4.69) is 26.8 Å². The summed E-state index contributed by atoms with van der Waals surface area (Å²) in [6, 6.07) is 3.62. The van der Waals surface area contributed by atoms with Gasteiger partial charge in [-0.25, -0.2) is 15.2 Å². The lowest BCUT2D eigenvalue weighted by Gasteiger charge is -2.10. The fourth-order valence-electron chi connectivity index (χ4n) is 1.70. The van der Waals surface area contributed by atoms with Crippen molar-refractivity contribution in [2.75, 3.05) is 0 Å². The van der Waals surface area contributed by atoms with Crippen molar-refractivity contribution in [2.45, 2.75) is 18.5 Å². The van der Waals surface area contributed by atoms with Crippen molar-refractivity contribution in [3.8, 4) is 0 Å². The zero-order valence-corrected chi connectivity index (χ0v) is 9.79. The number of nitrogens with one attached hydrogen (secondary N) is 2. The lowest BCUT2D eigenvalue weighted by molar-refractivity contribution is -0.139. The molecule has 1 aliphatic rings. The standard InChI is InChI=1S/C10H10BrFN2O2/c11-5-1-2-7(12)6(3-5)8-4-9(10(15)16)14-13-8/h1-3,8-9,13-14H,4H2,(H,15,16). The van der Waals surface area contributed by atoms with Gasteiger partial charge in [-0.15, -0.1) is 0 Å². The number of carboxylic acids is 1. The first-order valence-corrected chi connectivity index (χ1v) is 5.56. The molecule has 1 fully saturated rings. The predicted octanol–water partition coefficient (Wildman–Crippen LogP) is 1.58. The maximum atomic E-state index is 13.5. The average Bonchev–Trinajstić information content (AvgIpc) is 2.70. The van der Waals surface area contributed by atoms with Gasteiger partial charge >= 0.3 is 5.97 Å². The number of carbonyl (C=O) groups is 1. The molecule has 1 aromatic rings. The van der Waals surface area contributed by atoms with Crippen LogP contribution in [-0.4, -0.2) is 17.1 Å². The molecule has 2 unspecified atom stereocenters. The van der Waals surface area contributed by atoms with Gasteiger partial charge in [0.2, 0.25) is 0 Å². The molecule has 1 saturated heterocycles. The number of hydrogen-bond acceptors (Lipinski definition) is 3. The first-order chi connectivity index (χ1) is 7.58. The first-order valence-electron chi connectivity index (χ1n) is 4.76. The Bertz CT molecular complexity index is 427. The zero-order valence-electron chi connectivity index (χ0n) is 8.21. The van der Waals surface area contributed by atoms with Crippen molar-refractivity contribution in [3.63, 3.8) is 0 Å². The first kappa shape index (κ1) is 11.5. The second kappa shape index (κ2) is 4.48. The quantitative estimate of drug-likeness (QED) is 0.773. The second-order valence-electron chi connectivity index (χ2n) is 3.63. The molecule has 0 aromatic heterocycles. The van der Waals surface area contributed by atoms with Gasteiger partial charge in [-0.3, -0.25) is 4.79 Å². The molecule has 1 heterocycles. The van der Waals surface area contributed by atoms with Crippen molar-refractivity contribution in [1.29, 1.82) is 0 Å². The summed E-state index contributed by atoms with van der Waals surface area (Å²) in [5, 5.41) is 8.80. The molecule has 0 bridgehead atoms. The highest BCUT2D eigenvalue weighted by molar-refractivity contribution is 9.10. The fraction of sp³-hybridized carbons (Fsp3) is 0.300. The summed E-state index contributed by atoms with van der Waals surface area (Å²) in [7, 11) is 0. The van der Waals surface area contributed by atoms with Crippen LogP contribution in [0.3, 0.4) is 0 Å². The van der Waals surface area contributed by atoms with Crippen LogP contribution in [0.2, 0.25) is 0 Å². The highest BCUT2D eigenvalue weighted by Crippen LogP contribution is 2.27. The van der Waals surface area contributed by atoms with Gasteiger partial charge in [-0.05, 0) is 24.6 Å². The average molecular weight is 289 g/mol. The molecule has 2 atom stereocenters. The summed E-state index contributed by atoms with van der Waals surface area (Å²) in [4.78, 5) is 10.7. The van der Waals surface area contributed by atoms with E-state index >= 15 is 0 Å². The highest BCUT2D eigenvalue weighted by Gasteiger charge is 2.31. The summed E-state index contributed by atoms with van der Waals surface area (Å²) in [5.41, 5.74) is 5.86. The van der Waals surface area contributed by atoms with Crippen LogP contribution in [0.1, 0.15) is 18.0 Å². The Morgan fingerprint density at radius 1 is 1.50 bits per heavy atom. The summed E-state index contributed by atoms with van der Waals surface area (Å²) in [6.45, 7) is 0. The Hall–Kier alpha value is -0.980. The lowest BCUT2D eigenvalue weighted by Crippen LogP contribution is -2.36. The molecule has 1 aromatic carbocycles. The molecule has 3 N–H and O–H groups in total. The van der Waals surface area contributed by atoms with Crippen molar-refractivity contribution >= 4 is 21.9 Å². The van der Waals surface area contributed by atoms with Crippen LogP contribution in [-0.2, 0) is 4.79 Å². The van der Waals surface area contributed by atoms with Gasteiger partial charge in [0.15, 0.2) is 0 Å². The molecule has 86 valence electrons. The SMILES string of the molecule is O=C(O)C1CC(c2cc(Br)ccc2F)NN1. The van der Waals surface area contributed by atoms with Gasteiger partial charge in [0.25, 0.3) is 0 Å². The molecule has 0 radical (unpaired) electrons. The summed E-state index contributed by atoms with van der Waals surface area (Å²) >= 11 is 3.26. The van der Waals surface area contributed by atoms with Crippen LogP contribution < -0.4 is 10.9 Å². The number of aliphatic carboxylic acids is 1. The van der Waals surface area contributed by atoms with E-state index in [0.29, 0.717) is 12.0 Å². The number of carboxylic acid groups (broad SMARTS) is 1. The maximum Gasteiger partial charge on any atom is 0.322 e. The number of halogens is 2. The molecule has 0 spiro atoms. The van der Waals surface area contributed by atoms with Gasteiger partial charge in [0.05, 0.1) is 6.04 Å². The Labute approximate surface area is 99.9 Å². The van der Waals surface area contributed by atoms with Crippen LogP contribution in [0.25, 0.3) is 0 Å². The number of benzene rings is 1. The van der Waals surface area contributed by atoms with Gasteiger partial charge in [0.1, 0.15) is 11.9 Å². The van der Waals surface area contributed by atoms with Crippen LogP contribution in [0.5, 0.6) is 0 Å². The van der Waals surface area contributed by atoms with Gasteiger partial charge in [-0.2, -0.15) is 0 Å². The third-order valence-corrected chi connectivity index (χ3v) is 3.03. The Balaban J connectivity index is 2.20. The molecular weight excluding hydrogens is 279 g/mol. The zero-order chi connectivity index (χ0) is 11.7. The molecule has 2 rings (SSSR count). The van der Waals surface area contributed by atoms with E-state index in [-0.39, 0.29) is 11.9 Å². The second-order valence-corrected chi connectivity index (χ2v) is 4.55. The molecule has 0 amide bonds. The highest BCUT2D eigenvalue weighted by atomic mass is 79.9. The summed E-state index contributed by atoms with van der Waals surface area (Å²) < 4.78 is 14.3. The van der Waals surface area contributed by atoms with Crippen LogP contribution in [0.4, 0.5) is 4.39 Å².